The van der Waals surface area contributed by atoms with Gasteiger partial charge in [-0.05, 0) is 55.5 Å². The number of carbonyl (C=O) groups is 2. The van der Waals surface area contributed by atoms with Crippen LogP contribution in [0.15, 0.2) is 41.4 Å². The molecule has 0 bridgehead atoms. The molecule has 7 nitrogen and oxygen atoms in total. The van der Waals surface area contributed by atoms with Gasteiger partial charge in [0.15, 0.2) is 5.82 Å². The highest BCUT2D eigenvalue weighted by Gasteiger charge is 2.26. The van der Waals surface area contributed by atoms with Gasteiger partial charge in [-0.2, -0.15) is 0 Å². The van der Waals surface area contributed by atoms with Crippen molar-refractivity contribution in [1.29, 1.82) is 0 Å². The Hall–Kier alpha value is -2.61. The van der Waals surface area contributed by atoms with Gasteiger partial charge in [-0.3, -0.25) is 9.59 Å². The number of aryl methyl sites for hydroxylation is 1. The predicted octanol–water partition coefficient (Wildman–Crippen LogP) is 3.51. The lowest BCUT2D eigenvalue weighted by Gasteiger charge is -2.32. The largest absolute Gasteiger partial charge is 0.356 e. The summed E-state index contributed by atoms with van der Waals surface area (Å²) in [6, 6.07) is 11.7. The number of thioether (sulfide) groups is 1. The highest BCUT2D eigenvalue weighted by atomic mass is 32.2. The molecular weight excluding hydrogens is 410 g/mol. The summed E-state index contributed by atoms with van der Waals surface area (Å²) < 4.78 is 0. The molecular formula is C23H31N5O2S. The first-order valence-corrected chi connectivity index (χ1v) is 12.0. The van der Waals surface area contributed by atoms with Crippen molar-refractivity contribution in [2.24, 2.45) is 5.92 Å². The SMILES string of the molecule is CCCNC(=O)[C@H]1CCCN(c2ccc(SCC(=O)Nc3ccc(CC)cc3)nn2)C1. The van der Waals surface area contributed by atoms with Crippen molar-refractivity contribution in [2.45, 2.75) is 44.6 Å². The van der Waals surface area contributed by atoms with Crippen LogP contribution in [0.4, 0.5) is 11.5 Å². The van der Waals surface area contributed by atoms with Crippen LogP contribution in [-0.4, -0.2) is 47.4 Å². The van der Waals surface area contributed by atoms with Gasteiger partial charge in [0, 0.05) is 25.3 Å². The number of amides is 2. The van der Waals surface area contributed by atoms with Gasteiger partial charge < -0.3 is 15.5 Å². The summed E-state index contributed by atoms with van der Waals surface area (Å²) in [5, 5.41) is 15.2. The first-order valence-electron chi connectivity index (χ1n) is 11.0. The summed E-state index contributed by atoms with van der Waals surface area (Å²) in [7, 11) is 0. The van der Waals surface area contributed by atoms with E-state index in [1.165, 1.54) is 17.3 Å². The Labute approximate surface area is 188 Å². The van der Waals surface area contributed by atoms with Crippen molar-refractivity contribution in [3.8, 4) is 0 Å². The first kappa shape index (κ1) is 23.1. The molecule has 1 saturated heterocycles. The zero-order valence-corrected chi connectivity index (χ0v) is 19.1. The number of aromatic nitrogens is 2. The molecule has 2 aromatic rings. The second kappa shape index (κ2) is 11.7. The molecule has 2 amide bonds. The average Bonchev–Trinajstić information content (AvgIpc) is 2.82. The number of benzene rings is 1. The molecule has 0 aliphatic carbocycles. The van der Waals surface area contributed by atoms with Gasteiger partial charge in [0.1, 0.15) is 5.03 Å². The molecule has 0 saturated carbocycles. The number of hydrogen-bond donors (Lipinski definition) is 2. The lowest BCUT2D eigenvalue weighted by molar-refractivity contribution is -0.125. The fraction of sp³-hybridized carbons (Fsp3) is 0.478. The molecule has 0 radical (unpaired) electrons. The Bertz CT molecular complexity index is 857. The molecule has 1 fully saturated rings. The third-order valence-corrected chi connectivity index (χ3v) is 6.21. The number of nitrogens with zero attached hydrogens (tertiary/aromatic N) is 3. The summed E-state index contributed by atoms with van der Waals surface area (Å²) >= 11 is 1.36. The topological polar surface area (TPSA) is 87.2 Å². The third-order valence-electron chi connectivity index (χ3n) is 5.29. The Morgan fingerprint density at radius 3 is 2.61 bits per heavy atom. The van der Waals surface area contributed by atoms with Crippen molar-refractivity contribution in [3.63, 3.8) is 0 Å². The molecule has 2 heterocycles. The Morgan fingerprint density at radius 1 is 1.13 bits per heavy atom. The maximum atomic E-state index is 12.3. The Morgan fingerprint density at radius 2 is 1.94 bits per heavy atom. The molecule has 1 aliphatic heterocycles. The van der Waals surface area contributed by atoms with Crippen LogP contribution in [0.1, 0.15) is 38.7 Å². The maximum Gasteiger partial charge on any atom is 0.234 e. The molecule has 1 aliphatic rings. The summed E-state index contributed by atoms with van der Waals surface area (Å²) in [6.07, 6.45) is 3.78. The van der Waals surface area contributed by atoms with Crippen LogP contribution in [0.3, 0.4) is 0 Å². The smallest absolute Gasteiger partial charge is 0.234 e. The van der Waals surface area contributed by atoms with E-state index in [0.29, 0.717) is 11.6 Å². The second-order valence-corrected chi connectivity index (χ2v) is 8.69. The number of nitrogens with one attached hydrogen (secondary N) is 2. The molecule has 2 N–H and O–H groups in total. The van der Waals surface area contributed by atoms with Crippen LogP contribution >= 0.6 is 11.8 Å². The molecule has 1 aromatic carbocycles. The fourth-order valence-corrected chi connectivity index (χ4v) is 4.12. The summed E-state index contributed by atoms with van der Waals surface area (Å²) in [5.41, 5.74) is 2.04. The highest BCUT2D eigenvalue weighted by molar-refractivity contribution is 7.99. The second-order valence-electron chi connectivity index (χ2n) is 7.69. The zero-order valence-electron chi connectivity index (χ0n) is 18.3. The summed E-state index contributed by atoms with van der Waals surface area (Å²) in [4.78, 5) is 26.6. The molecule has 3 rings (SSSR count). The van der Waals surface area contributed by atoms with Crippen LogP contribution in [0.25, 0.3) is 0 Å². The van der Waals surface area contributed by atoms with E-state index in [4.69, 9.17) is 0 Å². The van der Waals surface area contributed by atoms with Crippen molar-refractivity contribution < 1.29 is 9.59 Å². The van der Waals surface area contributed by atoms with E-state index in [0.717, 1.165) is 50.3 Å². The van der Waals surface area contributed by atoms with Crippen LogP contribution in [0, 0.1) is 5.92 Å². The lowest BCUT2D eigenvalue weighted by Crippen LogP contribution is -2.43. The molecule has 166 valence electrons. The molecule has 8 heteroatoms. The van der Waals surface area contributed by atoms with Crippen LogP contribution < -0.4 is 15.5 Å². The van der Waals surface area contributed by atoms with Crippen LogP contribution in [0.2, 0.25) is 0 Å². The number of piperidine rings is 1. The summed E-state index contributed by atoms with van der Waals surface area (Å²) in [6.45, 7) is 6.41. The maximum absolute atomic E-state index is 12.3. The normalized spacial score (nSPS) is 16.1. The van der Waals surface area contributed by atoms with E-state index in [1.54, 1.807) is 0 Å². The number of hydrogen-bond acceptors (Lipinski definition) is 6. The zero-order chi connectivity index (χ0) is 22.1. The van der Waals surface area contributed by atoms with E-state index >= 15 is 0 Å². The van der Waals surface area contributed by atoms with Gasteiger partial charge in [-0.25, -0.2) is 0 Å². The molecule has 31 heavy (non-hydrogen) atoms. The van der Waals surface area contributed by atoms with Gasteiger partial charge in [0.05, 0.1) is 11.7 Å². The minimum Gasteiger partial charge on any atom is -0.356 e. The average molecular weight is 442 g/mol. The molecule has 0 unspecified atom stereocenters. The summed E-state index contributed by atoms with van der Waals surface area (Å²) in [5.74, 6) is 1.09. The quantitative estimate of drug-likeness (QED) is 0.579. The fourth-order valence-electron chi connectivity index (χ4n) is 3.51. The molecule has 1 aromatic heterocycles. The van der Waals surface area contributed by atoms with E-state index in [-0.39, 0.29) is 23.5 Å². The van der Waals surface area contributed by atoms with Crippen molar-refractivity contribution in [3.05, 3.63) is 42.0 Å². The lowest BCUT2D eigenvalue weighted by atomic mass is 9.97. The first-order chi connectivity index (χ1) is 15.1. The van der Waals surface area contributed by atoms with Gasteiger partial charge >= 0.3 is 0 Å². The van der Waals surface area contributed by atoms with Gasteiger partial charge in [0.25, 0.3) is 0 Å². The van der Waals surface area contributed by atoms with Crippen molar-refractivity contribution in [1.82, 2.24) is 15.5 Å². The number of anilines is 2. The van der Waals surface area contributed by atoms with Crippen LogP contribution in [-0.2, 0) is 16.0 Å². The standard InChI is InChI=1S/C23H31N5O2S/c1-3-13-24-23(30)18-6-5-14-28(15-18)20-11-12-22(27-26-20)31-16-21(29)25-19-9-7-17(4-2)8-10-19/h7-12,18H,3-6,13-16H2,1-2H3,(H,24,30)(H,25,29)/t18-/m0/s1. The predicted molar refractivity (Wildman–Crippen MR) is 125 cm³/mol. The van der Waals surface area contributed by atoms with Crippen molar-refractivity contribution in [2.75, 3.05) is 35.6 Å². The van der Waals surface area contributed by atoms with E-state index in [1.807, 2.05) is 36.4 Å². The third kappa shape index (κ3) is 6.95. The minimum absolute atomic E-state index is 0.00811. The van der Waals surface area contributed by atoms with Crippen LogP contribution in [0.5, 0.6) is 0 Å². The van der Waals surface area contributed by atoms with Gasteiger partial charge in [0.2, 0.25) is 11.8 Å². The minimum atomic E-state index is -0.0721. The monoisotopic (exact) mass is 441 g/mol. The van der Waals surface area contributed by atoms with E-state index in [9.17, 15) is 9.59 Å². The Kier molecular flexibility index (Phi) is 8.70. The van der Waals surface area contributed by atoms with Gasteiger partial charge in [-0.15, -0.1) is 10.2 Å². The molecule has 1 atom stereocenters. The Balaban J connectivity index is 1.48. The van der Waals surface area contributed by atoms with E-state index in [2.05, 4.69) is 39.6 Å². The van der Waals surface area contributed by atoms with Crippen molar-refractivity contribution >= 4 is 35.1 Å². The highest BCUT2D eigenvalue weighted by Crippen LogP contribution is 2.23. The number of rotatable bonds is 9. The molecule has 0 spiro atoms. The number of carbonyl (C=O) groups excluding carboxylic acids is 2. The van der Waals surface area contributed by atoms with E-state index < -0.39 is 0 Å². The van der Waals surface area contributed by atoms with Gasteiger partial charge in [-0.1, -0.05) is 37.7 Å².